The summed E-state index contributed by atoms with van der Waals surface area (Å²) in [6, 6.07) is 0. The molecule has 0 aromatic rings. The predicted molar refractivity (Wildman–Crippen MR) is 44.2 cm³/mol. The van der Waals surface area contributed by atoms with E-state index in [2.05, 4.69) is 4.74 Å². The van der Waals surface area contributed by atoms with Crippen molar-refractivity contribution in [3.8, 4) is 0 Å². The van der Waals surface area contributed by atoms with Gasteiger partial charge in [0, 0.05) is 6.61 Å². The first-order valence-corrected chi connectivity index (χ1v) is 4.19. The zero-order valence-corrected chi connectivity index (χ0v) is 8.13. The van der Waals surface area contributed by atoms with E-state index in [4.69, 9.17) is 9.84 Å². The van der Waals surface area contributed by atoms with Gasteiger partial charge < -0.3 is 14.6 Å². The van der Waals surface area contributed by atoms with E-state index in [-0.39, 0.29) is 6.61 Å². The molecule has 14 heavy (non-hydrogen) atoms. The van der Waals surface area contributed by atoms with Gasteiger partial charge in [-0.3, -0.25) is 0 Å². The Kier molecular flexibility index (Phi) is 5.56. The van der Waals surface area contributed by atoms with Gasteiger partial charge in [0.15, 0.2) is 0 Å². The van der Waals surface area contributed by atoms with Gasteiger partial charge in [0.1, 0.15) is 0 Å². The summed E-state index contributed by atoms with van der Waals surface area (Å²) in [5, 5.41) is 7.97. The summed E-state index contributed by atoms with van der Waals surface area (Å²) in [6.45, 7) is 3.77. The fourth-order valence-corrected chi connectivity index (χ4v) is 0.610. The van der Waals surface area contributed by atoms with Crippen molar-refractivity contribution in [1.82, 2.24) is 0 Å². The highest BCUT2D eigenvalue weighted by Gasteiger charge is 2.40. The predicted octanol–water partition coefficient (Wildman–Crippen LogP) is 1.35. The molecule has 4 nitrogen and oxygen atoms in total. The fourth-order valence-electron chi connectivity index (χ4n) is 0.610. The molecule has 0 radical (unpaired) electrons. The first kappa shape index (κ1) is 13.2. The lowest BCUT2D eigenvalue weighted by Gasteiger charge is -2.12. The van der Waals surface area contributed by atoms with Crippen molar-refractivity contribution in [2.24, 2.45) is 5.92 Å². The monoisotopic (exact) mass is 212 g/mol. The highest BCUT2D eigenvalue weighted by Crippen LogP contribution is 2.14. The average molecular weight is 212 g/mol. The number of hydrogen-bond acceptors (Lipinski definition) is 3. The second-order valence-corrected chi connectivity index (χ2v) is 3.14. The zero-order chi connectivity index (χ0) is 11.2. The molecule has 0 saturated carbocycles. The van der Waals surface area contributed by atoms with Crippen molar-refractivity contribution in [2.45, 2.75) is 20.0 Å². The van der Waals surface area contributed by atoms with E-state index in [1.54, 1.807) is 0 Å². The third-order valence-electron chi connectivity index (χ3n) is 1.21. The summed E-state index contributed by atoms with van der Waals surface area (Å²) < 4.78 is 33.2. The first-order valence-electron chi connectivity index (χ1n) is 4.19. The van der Waals surface area contributed by atoms with Crippen LogP contribution in [0.1, 0.15) is 13.8 Å². The number of halogens is 2. The van der Waals surface area contributed by atoms with E-state index in [1.807, 2.05) is 13.8 Å². The van der Waals surface area contributed by atoms with Gasteiger partial charge in [-0.2, -0.15) is 8.78 Å². The van der Waals surface area contributed by atoms with Gasteiger partial charge in [0.05, 0.1) is 13.2 Å². The standard InChI is InChI=1S/C8H14F2O4/c1-6(2)5-13-3-4-14-8(9,10)7(11)12/h6H,3-5H2,1-2H3,(H,11,12). The van der Waals surface area contributed by atoms with Gasteiger partial charge >= 0.3 is 12.1 Å². The van der Waals surface area contributed by atoms with Crippen LogP contribution in [0.3, 0.4) is 0 Å². The molecular weight excluding hydrogens is 198 g/mol. The molecule has 6 heteroatoms. The van der Waals surface area contributed by atoms with E-state index in [9.17, 15) is 13.6 Å². The van der Waals surface area contributed by atoms with E-state index in [0.29, 0.717) is 12.5 Å². The van der Waals surface area contributed by atoms with Crippen LogP contribution in [0.4, 0.5) is 8.78 Å². The molecule has 1 N–H and O–H groups in total. The summed E-state index contributed by atoms with van der Waals surface area (Å²) in [4.78, 5) is 9.88. The number of carboxylic acid groups (broad SMARTS) is 1. The van der Waals surface area contributed by atoms with Crippen LogP contribution >= 0.6 is 0 Å². The largest absolute Gasteiger partial charge is 0.475 e. The molecule has 0 amide bonds. The lowest BCUT2D eigenvalue weighted by Crippen LogP contribution is -2.32. The molecular formula is C8H14F2O4. The summed E-state index contributed by atoms with van der Waals surface area (Å²) in [5.41, 5.74) is 0. The van der Waals surface area contributed by atoms with E-state index in [1.165, 1.54) is 0 Å². The summed E-state index contributed by atoms with van der Waals surface area (Å²) in [5.74, 6) is -1.99. The lowest BCUT2D eigenvalue weighted by molar-refractivity contribution is -0.248. The highest BCUT2D eigenvalue weighted by molar-refractivity contribution is 5.73. The number of hydrogen-bond donors (Lipinski definition) is 1. The van der Waals surface area contributed by atoms with Gasteiger partial charge in [0.25, 0.3) is 0 Å². The number of rotatable bonds is 7. The van der Waals surface area contributed by atoms with Gasteiger partial charge in [0.2, 0.25) is 0 Å². The normalized spacial score (nSPS) is 12.1. The Hall–Kier alpha value is -0.750. The Bertz CT molecular complexity index is 182. The minimum absolute atomic E-state index is 0.0406. The van der Waals surface area contributed by atoms with Crippen molar-refractivity contribution in [3.05, 3.63) is 0 Å². The van der Waals surface area contributed by atoms with Crippen LogP contribution in [-0.4, -0.2) is 37.0 Å². The molecule has 0 spiro atoms. The van der Waals surface area contributed by atoms with Crippen LogP contribution in [0.15, 0.2) is 0 Å². The molecule has 0 aliphatic rings. The number of carboxylic acids is 1. The minimum atomic E-state index is -4.12. The Morgan fingerprint density at radius 1 is 1.43 bits per heavy atom. The van der Waals surface area contributed by atoms with Crippen LogP contribution in [0, 0.1) is 5.92 Å². The first-order chi connectivity index (χ1) is 6.36. The molecule has 84 valence electrons. The Morgan fingerprint density at radius 3 is 2.43 bits per heavy atom. The second kappa shape index (κ2) is 5.87. The van der Waals surface area contributed by atoms with Crippen LogP contribution in [-0.2, 0) is 14.3 Å². The molecule has 0 bridgehead atoms. The van der Waals surface area contributed by atoms with Crippen molar-refractivity contribution in [2.75, 3.05) is 19.8 Å². The van der Waals surface area contributed by atoms with Gasteiger partial charge in [-0.25, -0.2) is 4.79 Å². The zero-order valence-electron chi connectivity index (χ0n) is 8.13. The van der Waals surface area contributed by atoms with Gasteiger partial charge in [-0.15, -0.1) is 0 Å². The molecule has 0 fully saturated rings. The maximum atomic E-state index is 12.3. The quantitative estimate of drug-likeness (QED) is 0.647. The van der Waals surface area contributed by atoms with Crippen LogP contribution in [0.2, 0.25) is 0 Å². The molecule has 0 unspecified atom stereocenters. The third-order valence-corrected chi connectivity index (χ3v) is 1.21. The summed E-state index contributed by atoms with van der Waals surface area (Å²) in [7, 11) is 0. The number of carbonyl (C=O) groups is 1. The van der Waals surface area contributed by atoms with Crippen LogP contribution in [0.5, 0.6) is 0 Å². The van der Waals surface area contributed by atoms with Crippen molar-refractivity contribution in [3.63, 3.8) is 0 Å². The highest BCUT2D eigenvalue weighted by atomic mass is 19.3. The molecule has 0 atom stereocenters. The molecule has 0 rings (SSSR count). The Labute approximate surface area is 80.8 Å². The van der Waals surface area contributed by atoms with Crippen molar-refractivity contribution < 1.29 is 28.2 Å². The molecule has 0 heterocycles. The molecule has 0 aromatic heterocycles. The lowest BCUT2D eigenvalue weighted by atomic mass is 10.2. The van der Waals surface area contributed by atoms with Crippen LogP contribution < -0.4 is 0 Å². The average Bonchev–Trinajstić information content (AvgIpc) is 2.02. The Morgan fingerprint density at radius 2 is 2.00 bits per heavy atom. The minimum Gasteiger partial charge on any atom is -0.475 e. The van der Waals surface area contributed by atoms with Crippen molar-refractivity contribution in [1.29, 1.82) is 0 Å². The number of alkyl halides is 2. The van der Waals surface area contributed by atoms with Gasteiger partial charge in [-0.1, -0.05) is 13.8 Å². The van der Waals surface area contributed by atoms with E-state index in [0.717, 1.165) is 0 Å². The number of aliphatic carboxylic acids is 1. The SMILES string of the molecule is CC(C)COCCOC(F)(F)C(=O)O. The smallest absolute Gasteiger partial charge is 0.456 e. The van der Waals surface area contributed by atoms with Crippen molar-refractivity contribution >= 4 is 5.97 Å². The van der Waals surface area contributed by atoms with E-state index < -0.39 is 18.7 Å². The summed E-state index contributed by atoms with van der Waals surface area (Å²) >= 11 is 0. The van der Waals surface area contributed by atoms with Gasteiger partial charge in [-0.05, 0) is 5.92 Å². The Balaban J connectivity index is 3.49. The number of ether oxygens (including phenoxy) is 2. The third kappa shape index (κ3) is 5.82. The molecule has 0 saturated heterocycles. The molecule has 0 aliphatic heterocycles. The maximum absolute atomic E-state index is 12.3. The van der Waals surface area contributed by atoms with Crippen LogP contribution in [0.25, 0.3) is 0 Å². The molecule has 0 aliphatic carbocycles. The fraction of sp³-hybridized carbons (Fsp3) is 0.875. The second-order valence-electron chi connectivity index (χ2n) is 3.14. The molecule has 0 aromatic carbocycles. The maximum Gasteiger partial charge on any atom is 0.456 e. The topological polar surface area (TPSA) is 55.8 Å². The summed E-state index contributed by atoms with van der Waals surface area (Å²) in [6.07, 6.45) is -4.12. The van der Waals surface area contributed by atoms with E-state index >= 15 is 0 Å².